The molecule has 0 radical (unpaired) electrons. The summed E-state index contributed by atoms with van der Waals surface area (Å²) in [5, 5.41) is 8.93. The van der Waals surface area contributed by atoms with E-state index in [4.69, 9.17) is 19.7 Å². The smallest absolute Gasteiger partial charge is 0.337 e. The van der Waals surface area contributed by atoms with Crippen LogP contribution >= 0.6 is 0 Å². The highest BCUT2D eigenvalue weighted by molar-refractivity contribution is 5.93. The van der Waals surface area contributed by atoms with E-state index in [1.165, 1.54) is 31.7 Å². The number of imidazole rings is 1. The number of hydrogen-bond acceptors (Lipinski definition) is 6. The number of rotatable bonds is 9. The van der Waals surface area contributed by atoms with Gasteiger partial charge < -0.3 is 14.0 Å². The third-order valence-electron chi connectivity index (χ3n) is 7.89. The van der Waals surface area contributed by atoms with Crippen LogP contribution in [0.3, 0.4) is 0 Å². The maximum atomic E-state index is 15.5. The van der Waals surface area contributed by atoms with E-state index in [-0.39, 0.29) is 30.3 Å². The fourth-order valence-corrected chi connectivity index (χ4v) is 5.25. The molecule has 1 fully saturated rings. The Hall–Kier alpha value is -5.10. The second kappa shape index (κ2) is 12.0. The SMILES string of the molecule is COC(=O)c1ccc2nc(Cc3ccc(-c4cccc(OCc5ccc(C#N)cc5F)n4)cc3F)n(CC3CCC3)c2c1. The fourth-order valence-electron chi connectivity index (χ4n) is 5.25. The van der Waals surface area contributed by atoms with Crippen LogP contribution in [0.15, 0.2) is 72.8 Å². The topological polar surface area (TPSA) is 90.0 Å². The lowest BCUT2D eigenvalue weighted by Crippen LogP contribution is -2.19. The number of carbonyl (C=O) groups is 1. The van der Waals surface area contributed by atoms with E-state index in [9.17, 15) is 9.18 Å². The molecule has 9 heteroatoms. The Labute approximate surface area is 247 Å². The number of nitriles is 1. The maximum Gasteiger partial charge on any atom is 0.337 e. The molecule has 1 saturated carbocycles. The highest BCUT2D eigenvalue weighted by Crippen LogP contribution is 2.31. The number of esters is 1. The first-order valence-corrected chi connectivity index (χ1v) is 14.1. The minimum absolute atomic E-state index is 0.0652. The number of nitrogens with zero attached hydrogens (tertiary/aromatic N) is 4. The van der Waals surface area contributed by atoms with Crippen molar-refractivity contribution < 1.29 is 23.0 Å². The second-order valence-electron chi connectivity index (χ2n) is 10.7. The molecule has 0 saturated heterocycles. The van der Waals surface area contributed by atoms with Crippen LogP contribution in [0.5, 0.6) is 5.88 Å². The van der Waals surface area contributed by atoms with Crippen molar-refractivity contribution in [3.05, 3.63) is 113 Å². The number of benzene rings is 3. The number of carbonyl (C=O) groups excluding carboxylic acids is 1. The lowest BCUT2D eigenvalue weighted by atomic mass is 9.85. The van der Waals surface area contributed by atoms with Crippen molar-refractivity contribution >= 4 is 17.0 Å². The summed E-state index contributed by atoms with van der Waals surface area (Å²) in [7, 11) is 1.35. The number of halogens is 2. The van der Waals surface area contributed by atoms with E-state index in [2.05, 4.69) is 9.55 Å². The molecule has 3 aromatic carbocycles. The van der Waals surface area contributed by atoms with Crippen LogP contribution < -0.4 is 4.74 Å². The fraction of sp³-hybridized carbons (Fsp3) is 0.235. The summed E-state index contributed by atoms with van der Waals surface area (Å²) in [6, 6.07) is 21.5. The molecule has 6 rings (SSSR count). The molecule has 0 amide bonds. The Morgan fingerprint density at radius 3 is 2.53 bits per heavy atom. The Bertz CT molecular complexity index is 1870. The lowest BCUT2D eigenvalue weighted by Gasteiger charge is -2.26. The molecule has 0 unspecified atom stereocenters. The predicted molar refractivity (Wildman–Crippen MR) is 156 cm³/mol. The van der Waals surface area contributed by atoms with Crippen molar-refractivity contribution in [1.29, 1.82) is 5.26 Å². The van der Waals surface area contributed by atoms with E-state index < -0.39 is 11.8 Å². The summed E-state index contributed by atoms with van der Waals surface area (Å²) in [6.45, 7) is 0.698. The van der Waals surface area contributed by atoms with Crippen LogP contribution in [-0.4, -0.2) is 27.6 Å². The van der Waals surface area contributed by atoms with Gasteiger partial charge in [-0.25, -0.2) is 23.5 Å². The van der Waals surface area contributed by atoms with Gasteiger partial charge in [-0.05, 0) is 66.8 Å². The largest absolute Gasteiger partial charge is 0.473 e. The average molecular weight is 579 g/mol. The van der Waals surface area contributed by atoms with Gasteiger partial charge in [-0.2, -0.15) is 5.26 Å². The van der Waals surface area contributed by atoms with Crippen LogP contribution in [0, 0.1) is 28.9 Å². The van der Waals surface area contributed by atoms with E-state index in [1.54, 1.807) is 48.5 Å². The Morgan fingerprint density at radius 1 is 1.00 bits per heavy atom. The molecule has 2 aromatic heterocycles. The molecule has 216 valence electrons. The van der Waals surface area contributed by atoms with Gasteiger partial charge in [0.1, 0.15) is 24.1 Å². The standard InChI is InChI=1S/C34H28F2N4O3/c1-42-34(41)25-12-13-30-31(16-25)40(19-21-4-2-5-21)32(38-30)17-23-10-11-24(15-28(23)36)29-6-3-7-33(39-29)43-20-26-9-8-22(18-37)14-27(26)35/h3,6-16,21H,2,4-5,17,19-20H2,1H3. The van der Waals surface area contributed by atoms with E-state index in [0.717, 1.165) is 42.3 Å². The first-order chi connectivity index (χ1) is 20.9. The second-order valence-corrected chi connectivity index (χ2v) is 10.7. The molecular weight excluding hydrogens is 550 g/mol. The normalized spacial score (nSPS) is 13.0. The van der Waals surface area contributed by atoms with Crippen LogP contribution in [0.4, 0.5) is 8.78 Å². The average Bonchev–Trinajstić information content (AvgIpc) is 3.34. The number of methoxy groups -OCH3 is 1. The van der Waals surface area contributed by atoms with Gasteiger partial charge in [0.05, 0.1) is 41.0 Å². The van der Waals surface area contributed by atoms with Gasteiger partial charge in [-0.15, -0.1) is 0 Å². The van der Waals surface area contributed by atoms with Crippen LogP contribution in [0.1, 0.15) is 52.1 Å². The molecule has 0 spiro atoms. The maximum absolute atomic E-state index is 15.5. The van der Waals surface area contributed by atoms with Crippen molar-refractivity contribution in [2.45, 2.75) is 38.8 Å². The first kappa shape index (κ1) is 28.0. The summed E-state index contributed by atoms with van der Waals surface area (Å²) < 4.78 is 42.5. The van der Waals surface area contributed by atoms with Gasteiger partial charge in [0.25, 0.3) is 0 Å². The minimum atomic E-state index is -0.530. The molecule has 0 atom stereocenters. The van der Waals surface area contributed by atoms with E-state index >= 15 is 4.39 Å². The number of aromatic nitrogens is 3. The molecule has 43 heavy (non-hydrogen) atoms. The van der Waals surface area contributed by atoms with Gasteiger partial charge in [-0.3, -0.25) is 0 Å². The molecule has 1 aliphatic rings. The third-order valence-corrected chi connectivity index (χ3v) is 7.89. The minimum Gasteiger partial charge on any atom is -0.473 e. The summed E-state index contributed by atoms with van der Waals surface area (Å²) in [4.78, 5) is 21.5. The molecular formula is C34H28F2N4O3. The highest BCUT2D eigenvalue weighted by Gasteiger charge is 2.22. The van der Waals surface area contributed by atoms with Gasteiger partial charge in [0.15, 0.2) is 0 Å². The number of ether oxygens (including phenoxy) is 2. The van der Waals surface area contributed by atoms with Crippen molar-refractivity contribution in [2.75, 3.05) is 7.11 Å². The van der Waals surface area contributed by atoms with Gasteiger partial charge in [0.2, 0.25) is 5.88 Å². The number of pyridine rings is 1. The molecule has 0 N–H and O–H groups in total. The van der Waals surface area contributed by atoms with Crippen molar-refractivity contribution in [1.82, 2.24) is 14.5 Å². The zero-order chi connectivity index (χ0) is 29.9. The van der Waals surface area contributed by atoms with E-state index in [1.807, 2.05) is 6.07 Å². The van der Waals surface area contributed by atoms with Crippen molar-refractivity contribution in [3.63, 3.8) is 0 Å². The van der Waals surface area contributed by atoms with Gasteiger partial charge in [-0.1, -0.05) is 30.7 Å². The lowest BCUT2D eigenvalue weighted by molar-refractivity contribution is 0.0601. The monoisotopic (exact) mass is 578 g/mol. The summed E-state index contributed by atoms with van der Waals surface area (Å²) >= 11 is 0. The van der Waals surface area contributed by atoms with Crippen LogP contribution in [0.25, 0.3) is 22.3 Å². The Morgan fingerprint density at radius 2 is 1.81 bits per heavy atom. The number of hydrogen-bond donors (Lipinski definition) is 0. The summed E-state index contributed by atoms with van der Waals surface area (Å²) in [5.41, 5.74) is 4.14. The van der Waals surface area contributed by atoms with Crippen LogP contribution in [-0.2, 0) is 24.3 Å². The summed E-state index contributed by atoms with van der Waals surface area (Å²) in [5.74, 6) is 0.201. The van der Waals surface area contributed by atoms with Crippen molar-refractivity contribution in [3.8, 4) is 23.2 Å². The van der Waals surface area contributed by atoms with Gasteiger partial charge >= 0.3 is 5.97 Å². The first-order valence-electron chi connectivity index (χ1n) is 14.1. The Kier molecular flexibility index (Phi) is 7.84. The predicted octanol–water partition coefficient (Wildman–Crippen LogP) is 7.00. The molecule has 0 aliphatic heterocycles. The van der Waals surface area contributed by atoms with Crippen molar-refractivity contribution in [2.24, 2.45) is 5.92 Å². The third kappa shape index (κ3) is 5.95. The molecule has 0 bridgehead atoms. The molecule has 1 aliphatic carbocycles. The summed E-state index contributed by atoms with van der Waals surface area (Å²) in [6.07, 6.45) is 3.75. The highest BCUT2D eigenvalue weighted by atomic mass is 19.1. The van der Waals surface area contributed by atoms with E-state index in [0.29, 0.717) is 33.9 Å². The van der Waals surface area contributed by atoms with Crippen LogP contribution in [0.2, 0.25) is 0 Å². The quantitative estimate of drug-likeness (QED) is 0.175. The molecule has 7 nitrogen and oxygen atoms in total. The van der Waals surface area contributed by atoms with Gasteiger partial charge in [0, 0.05) is 30.2 Å². The zero-order valence-corrected chi connectivity index (χ0v) is 23.5. The molecule has 5 aromatic rings. The number of fused-ring (bicyclic) bond motifs is 1. The zero-order valence-electron chi connectivity index (χ0n) is 23.5. The molecule has 2 heterocycles. The Balaban J connectivity index is 1.23.